The first-order chi connectivity index (χ1) is 10.0. The molecule has 2 rings (SSSR count). The van der Waals surface area contributed by atoms with Crippen LogP contribution in [0.5, 0.6) is 5.75 Å². The van der Waals surface area contributed by atoms with Crippen LogP contribution in [0.2, 0.25) is 5.02 Å². The highest BCUT2D eigenvalue weighted by Crippen LogP contribution is 2.31. The lowest BCUT2D eigenvalue weighted by molar-refractivity contribution is 0.102. The molecule has 110 valence electrons. The third-order valence-electron chi connectivity index (χ3n) is 2.90. The first kappa shape index (κ1) is 15.1. The van der Waals surface area contributed by atoms with Crippen molar-refractivity contribution in [3.8, 4) is 5.75 Å². The summed E-state index contributed by atoms with van der Waals surface area (Å²) in [7, 11) is 1.51. The minimum Gasteiger partial charge on any atom is -0.495 e. The van der Waals surface area contributed by atoms with Gasteiger partial charge in [0.15, 0.2) is 0 Å². The van der Waals surface area contributed by atoms with Crippen LogP contribution in [0.4, 0.5) is 11.5 Å². The molecule has 21 heavy (non-hydrogen) atoms. The van der Waals surface area contributed by atoms with Crippen LogP contribution in [0.1, 0.15) is 15.9 Å². The highest BCUT2D eigenvalue weighted by atomic mass is 35.5. The Morgan fingerprint density at radius 1 is 1.38 bits per heavy atom. The van der Waals surface area contributed by atoms with Gasteiger partial charge in [-0.05, 0) is 30.7 Å². The van der Waals surface area contributed by atoms with Crippen LogP contribution in [0, 0.1) is 6.92 Å². The Kier molecular flexibility index (Phi) is 4.62. The smallest absolute Gasteiger partial charge is 0.255 e. The highest BCUT2D eigenvalue weighted by molar-refractivity contribution is 6.31. The molecule has 0 unspecified atom stereocenters. The van der Waals surface area contributed by atoms with Crippen LogP contribution in [-0.4, -0.2) is 18.0 Å². The number of ether oxygens (including phenoxy) is 1. The molecule has 0 aliphatic heterocycles. The van der Waals surface area contributed by atoms with E-state index in [1.807, 2.05) is 6.92 Å². The fraction of sp³-hybridized carbons (Fsp3) is 0.143. The van der Waals surface area contributed by atoms with Crippen molar-refractivity contribution < 1.29 is 9.53 Å². The van der Waals surface area contributed by atoms with Crippen molar-refractivity contribution in [2.75, 3.05) is 17.9 Å². The van der Waals surface area contributed by atoms with E-state index in [4.69, 9.17) is 22.2 Å². The molecule has 0 spiro atoms. The van der Waals surface area contributed by atoms with Crippen molar-refractivity contribution in [1.82, 2.24) is 4.98 Å². The number of nitrogens with two attached hydrogens (primary N) is 1. The monoisotopic (exact) mass is 306 g/mol. The van der Waals surface area contributed by atoms with Crippen molar-refractivity contribution in [2.45, 2.75) is 6.92 Å². The molecule has 0 bridgehead atoms. The van der Waals surface area contributed by atoms with E-state index in [0.29, 0.717) is 27.8 Å². The first-order valence-electron chi connectivity index (χ1n) is 6.13. The number of rotatable bonds is 4. The van der Waals surface area contributed by atoms with Gasteiger partial charge in [-0.15, -0.1) is 0 Å². The summed E-state index contributed by atoms with van der Waals surface area (Å²) in [6.45, 7) is 1.85. The number of hydrogen-bond acceptors (Lipinski definition) is 5. The summed E-state index contributed by atoms with van der Waals surface area (Å²) >= 11 is 6.03. The Morgan fingerprint density at radius 2 is 2.14 bits per heavy atom. The number of nitrogen functional groups attached to an aromatic ring is 1. The van der Waals surface area contributed by atoms with Crippen LogP contribution in [-0.2, 0) is 0 Å². The zero-order chi connectivity index (χ0) is 15.4. The van der Waals surface area contributed by atoms with Gasteiger partial charge in [0.1, 0.15) is 11.6 Å². The minimum atomic E-state index is -0.297. The van der Waals surface area contributed by atoms with E-state index in [9.17, 15) is 4.79 Å². The second-order valence-electron chi connectivity index (χ2n) is 4.33. The summed E-state index contributed by atoms with van der Waals surface area (Å²) in [4.78, 5) is 16.2. The number of methoxy groups -OCH3 is 1. The average Bonchev–Trinajstić information content (AvgIpc) is 2.50. The Balaban J connectivity index is 2.28. The second kappa shape index (κ2) is 6.43. The van der Waals surface area contributed by atoms with Crippen LogP contribution >= 0.6 is 11.6 Å². The highest BCUT2D eigenvalue weighted by Gasteiger charge is 2.12. The first-order valence-corrected chi connectivity index (χ1v) is 6.51. The van der Waals surface area contributed by atoms with Crippen molar-refractivity contribution in [2.24, 2.45) is 5.84 Å². The number of aromatic nitrogens is 1. The van der Waals surface area contributed by atoms with E-state index in [-0.39, 0.29) is 5.91 Å². The third kappa shape index (κ3) is 3.42. The maximum absolute atomic E-state index is 12.3. The lowest BCUT2D eigenvalue weighted by atomic mass is 10.2. The fourth-order valence-electron chi connectivity index (χ4n) is 1.78. The number of carbonyl (C=O) groups excluding carboxylic acids is 1. The summed E-state index contributed by atoms with van der Waals surface area (Å²) in [6, 6.07) is 6.55. The number of carbonyl (C=O) groups is 1. The third-order valence-corrected chi connectivity index (χ3v) is 3.31. The summed E-state index contributed by atoms with van der Waals surface area (Å²) in [6.07, 6.45) is 1.49. The molecule has 7 heteroatoms. The van der Waals surface area contributed by atoms with Gasteiger partial charge in [-0.25, -0.2) is 10.8 Å². The van der Waals surface area contributed by atoms with E-state index in [0.717, 1.165) is 5.56 Å². The summed E-state index contributed by atoms with van der Waals surface area (Å²) in [5.41, 5.74) is 4.20. The number of halogens is 1. The van der Waals surface area contributed by atoms with Crippen LogP contribution in [0.3, 0.4) is 0 Å². The molecule has 0 fully saturated rings. The van der Waals surface area contributed by atoms with Gasteiger partial charge in [-0.2, -0.15) is 0 Å². The molecule has 0 aliphatic rings. The lowest BCUT2D eigenvalue weighted by Gasteiger charge is -2.12. The SMILES string of the molecule is COc1cc(Cl)c(C)cc1NC(=O)c1ccnc(NN)c1. The molecule has 0 saturated carbocycles. The maximum Gasteiger partial charge on any atom is 0.255 e. The van der Waals surface area contributed by atoms with Crippen molar-refractivity contribution in [3.05, 3.63) is 46.6 Å². The zero-order valence-corrected chi connectivity index (χ0v) is 12.4. The minimum absolute atomic E-state index is 0.297. The number of anilines is 2. The summed E-state index contributed by atoms with van der Waals surface area (Å²) < 4.78 is 5.22. The number of amides is 1. The van der Waals surface area contributed by atoms with Gasteiger partial charge in [0.2, 0.25) is 0 Å². The second-order valence-corrected chi connectivity index (χ2v) is 4.74. The van der Waals surface area contributed by atoms with E-state index in [1.165, 1.54) is 13.3 Å². The number of benzene rings is 1. The van der Waals surface area contributed by atoms with E-state index in [2.05, 4.69) is 15.7 Å². The Hall–Kier alpha value is -2.31. The number of hydrogen-bond donors (Lipinski definition) is 3. The Morgan fingerprint density at radius 3 is 2.81 bits per heavy atom. The number of pyridine rings is 1. The van der Waals surface area contributed by atoms with Crippen molar-refractivity contribution in [1.29, 1.82) is 0 Å². The number of nitrogens with zero attached hydrogens (tertiary/aromatic N) is 1. The van der Waals surface area contributed by atoms with Gasteiger partial charge in [0.25, 0.3) is 5.91 Å². The maximum atomic E-state index is 12.3. The number of nitrogens with one attached hydrogen (secondary N) is 2. The topological polar surface area (TPSA) is 89.3 Å². The van der Waals surface area contributed by atoms with Gasteiger partial charge in [-0.3, -0.25) is 4.79 Å². The zero-order valence-electron chi connectivity index (χ0n) is 11.6. The number of aryl methyl sites for hydroxylation is 1. The van der Waals surface area contributed by atoms with Crippen molar-refractivity contribution in [3.63, 3.8) is 0 Å². The van der Waals surface area contributed by atoms with E-state index >= 15 is 0 Å². The Labute approximate surface area is 127 Å². The average molecular weight is 307 g/mol. The van der Waals surface area contributed by atoms with Gasteiger partial charge >= 0.3 is 0 Å². The van der Waals surface area contributed by atoms with Crippen LogP contribution in [0.15, 0.2) is 30.5 Å². The molecule has 1 amide bonds. The molecule has 1 aromatic carbocycles. The van der Waals surface area contributed by atoms with E-state index in [1.54, 1.807) is 24.3 Å². The van der Waals surface area contributed by atoms with Crippen LogP contribution in [0.25, 0.3) is 0 Å². The van der Waals surface area contributed by atoms with Crippen molar-refractivity contribution >= 4 is 29.0 Å². The Bertz CT molecular complexity index is 676. The largest absolute Gasteiger partial charge is 0.495 e. The predicted octanol–water partition coefficient (Wildman–Crippen LogP) is 2.59. The van der Waals surface area contributed by atoms with Gasteiger partial charge in [-0.1, -0.05) is 11.6 Å². The molecule has 4 N–H and O–H groups in total. The lowest BCUT2D eigenvalue weighted by Crippen LogP contribution is -2.15. The summed E-state index contributed by atoms with van der Waals surface area (Å²) in [5.74, 6) is 5.87. The van der Waals surface area contributed by atoms with Gasteiger partial charge in [0, 0.05) is 22.8 Å². The molecule has 0 saturated heterocycles. The quantitative estimate of drug-likeness (QED) is 0.597. The van der Waals surface area contributed by atoms with Gasteiger partial charge < -0.3 is 15.5 Å². The molecular weight excluding hydrogens is 292 g/mol. The molecule has 6 nitrogen and oxygen atoms in total. The predicted molar refractivity (Wildman–Crippen MR) is 82.7 cm³/mol. The summed E-state index contributed by atoms with van der Waals surface area (Å²) in [5, 5.41) is 3.35. The number of hydrazine groups is 1. The van der Waals surface area contributed by atoms with Gasteiger partial charge in [0.05, 0.1) is 12.8 Å². The molecule has 0 aliphatic carbocycles. The fourth-order valence-corrected chi connectivity index (χ4v) is 1.93. The molecule has 1 aromatic heterocycles. The molecular formula is C14H15ClN4O2. The molecule has 0 radical (unpaired) electrons. The normalized spacial score (nSPS) is 10.1. The van der Waals surface area contributed by atoms with E-state index < -0.39 is 0 Å². The van der Waals surface area contributed by atoms with Crippen LogP contribution < -0.4 is 21.3 Å². The molecule has 1 heterocycles. The molecule has 2 aromatic rings. The standard InChI is InChI=1S/C14H15ClN4O2/c1-8-5-11(12(21-2)7-10(8)15)18-14(20)9-3-4-17-13(6-9)19-16/h3-7H,16H2,1-2H3,(H,17,19)(H,18,20). The molecule has 0 atom stereocenters.